The molecule has 1 aliphatic carbocycles. The van der Waals surface area contributed by atoms with E-state index in [1.54, 1.807) is 0 Å². The van der Waals surface area contributed by atoms with E-state index in [9.17, 15) is 0 Å². The third-order valence-corrected chi connectivity index (χ3v) is 4.90. The predicted octanol–water partition coefficient (Wildman–Crippen LogP) is 2.66. The topological polar surface area (TPSA) is 55.9 Å². The van der Waals surface area contributed by atoms with E-state index in [1.807, 2.05) is 17.9 Å². The van der Waals surface area contributed by atoms with Crippen LogP contribution < -0.4 is 11.3 Å². The fraction of sp³-hybridized carbons (Fsp3) is 0.750. The molecule has 0 amide bonds. The maximum absolute atomic E-state index is 5.83. The van der Waals surface area contributed by atoms with Crippen molar-refractivity contribution in [3.63, 3.8) is 0 Å². The van der Waals surface area contributed by atoms with Crippen molar-refractivity contribution < 1.29 is 0 Å². The Morgan fingerprint density at radius 1 is 1.59 bits per heavy atom. The predicted molar refractivity (Wildman–Crippen MR) is 72.2 cm³/mol. The van der Waals surface area contributed by atoms with Crippen LogP contribution in [0.25, 0.3) is 0 Å². The number of hydrogen-bond acceptors (Lipinski definition) is 3. The first-order chi connectivity index (χ1) is 8.14. The summed E-state index contributed by atoms with van der Waals surface area (Å²) >= 11 is 3.58. The molecule has 1 heterocycles. The number of rotatable bonds is 4. The number of nitrogens with one attached hydrogen (secondary N) is 1. The van der Waals surface area contributed by atoms with E-state index < -0.39 is 0 Å². The quantitative estimate of drug-likeness (QED) is 0.664. The van der Waals surface area contributed by atoms with Crippen molar-refractivity contribution in [2.45, 2.75) is 45.1 Å². The Hall–Kier alpha value is -0.390. The van der Waals surface area contributed by atoms with Crippen molar-refractivity contribution in [2.75, 3.05) is 0 Å². The molecule has 1 aliphatic rings. The smallest absolute Gasteiger partial charge is 0.0711 e. The van der Waals surface area contributed by atoms with Crippen LogP contribution in [-0.2, 0) is 7.05 Å². The number of hydrogen-bond donors (Lipinski definition) is 2. The standard InChI is InChI=1S/C12H21BrN4/c1-3-12(6-4-5-7-12)11(16-14)10-9(13)8-15-17(10)2/h8,11,16H,3-7,14H2,1-2H3. The second-order valence-corrected chi connectivity index (χ2v) is 5.88. The number of nitrogens with zero attached hydrogens (tertiary/aromatic N) is 2. The molecule has 96 valence electrons. The Labute approximate surface area is 111 Å². The van der Waals surface area contributed by atoms with Crippen molar-refractivity contribution in [3.05, 3.63) is 16.4 Å². The summed E-state index contributed by atoms with van der Waals surface area (Å²) in [6.07, 6.45) is 8.10. The molecule has 1 atom stereocenters. The highest BCUT2D eigenvalue weighted by molar-refractivity contribution is 9.10. The summed E-state index contributed by atoms with van der Waals surface area (Å²) in [6, 6.07) is 0.178. The summed E-state index contributed by atoms with van der Waals surface area (Å²) in [6.45, 7) is 2.26. The molecule has 2 rings (SSSR count). The fourth-order valence-electron chi connectivity index (χ4n) is 3.22. The third kappa shape index (κ3) is 2.16. The molecule has 0 saturated heterocycles. The SMILES string of the molecule is CCC1(C(NN)c2c(Br)cnn2C)CCCC1. The van der Waals surface area contributed by atoms with Crippen LogP contribution in [0.5, 0.6) is 0 Å². The van der Waals surface area contributed by atoms with Gasteiger partial charge in [-0.25, -0.2) is 0 Å². The van der Waals surface area contributed by atoms with E-state index in [1.165, 1.54) is 25.7 Å². The molecule has 0 aromatic carbocycles. The zero-order valence-corrected chi connectivity index (χ0v) is 12.1. The van der Waals surface area contributed by atoms with Gasteiger partial charge in [-0.2, -0.15) is 5.10 Å². The lowest BCUT2D eigenvalue weighted by Gasteiger charge is -2.36. The average molecular weight is 301 g/mol. The Bertz CT molecular complexity index is 362. The molecule has 1 aromatic rings. The number of nitrogens with two attached hydrogens (primary N) is 1. The van der Waals surface area contributed by atoms with Crippen molar-refractivity contribution >= 4 is 15.9 Å². The van der Waals surface area contributed by atoms with Gasteiger partial charge >= 0.3 is 0 Å². The normalized spacial score (nSPS) is 20.7. The van der Waals surface area contributed by atoms with Gasteiger partial charge in [-0.05, 0) is 40.6 Å². The second-order valence-electron chi connectivity index (χ2n) is 5.02. The number of hydrazine groups is 1. The Balaban J connectivity index is 2.39. The van der Waals surface area contributed by atoms with Crippen LogP contribution in [0.4, 0.5) is 0 Å². The van der Waals surface area contributed by atoms with Crippen LogP contribution in [0.1, 0.15) is 50.8 Å². The van der Waals surface area contributed by atoms with Gasteiger partial charge in [0, 0.05) is 7.05 Å². The van der Waals surface area contributed by atoms with Gasteiger partial charge in [0.05, 0.1) is 22.4 Å². The minimum atomic E-state index is 0.178. The summed E-state index contributed by atoms with van der Waals surface area (Å²) in [5.74, 6) is 5.83. The highest BCUT2D eigenvalue weighted by atomic mass is 79.9. The van der Waals surface area contributed by atoms with Gasteiger partial charge in [-0.15, -0.1) is 0 Å². The van der Waals surface area contributed by atoms with Crippen LogP contribution in [0.3, 0.4) is 0 Å². The Morgan fingerprint density at radius 2 is 2.24 bits per heavy atom. The molecule has 0 bridgehead atoms. The van der Waals surface area contributed by atoms with Crippen molar-refractivity contribution in [3.8, 4) is 0 Å². The molecule has 0 aliphatic heterocycles. The zero-order chi connectivity index (χ0) is 12.5. The van der Waals surface area contributed by atoms with E-state index in [-0.39, 0.29) is 11.5 Å². The molecule has 1 unspecified atom stereocenters. The summed E-state index contributed by atoms with van der Waals surface area (Å²) in [4.78, 5) is 0. The van der Waals surface area contributed by atoms with Gasteiger partial charge in [0.25, 0.3) is 0 Å². The average Bonchev–Trinajstić information content (AvgIpc) is 2.92. The summed E-state index contributed by atoms with van der Waals surface area (Å²) in [5, 5.41) is 4.30. The van der Waals surface area contributed by atoms with Crippen molar-refractivity contribution in [1.29, 1.82) is 0 Å². The summed E-state index contributed by atoms with van der Waals surface area (Å²) in [5.41, 5.74) is 4.47. The molecule has 0 spiro atoms. The second kappa shape index (κ2) is 5.08. The molecular formula is C12H21BrN4. The van der Waals surface area contributed by atoms with Crippen LogP contribution in [0, 0.1) is 5.41 Å². The first kappa shape index (κ1) is 13.1. The lowest BCUT2D eigenvalue weighted by atomic mass is 9.75. The number of aromatic nitrogens is 2. The molecule has 0 radical (unpaired) electrons. The van der Waals surface area contributed by atoms with Gasteiger partial charge in [0.1, 0.15) is 0 Å². The molecule has 1 aromatic heterocycles. The first-order valence-corrected chi connectivity index (χ1v) is 7.07. The highest BCUT2D eigenvalue weighted by Gasteiger charge is 2.42. The molecule has 1 fully saturated rings. The largest absolute Gasteiger partial charge is 0.271 e. The maximum Gasteiger partial charge on any atom is 0.0711 e. The van der Waals surface area contributed by atoms with E-state index in [0.29, 0.717) is 0 Å². The minimum absolute atomic E-state index is 0.178. The van der Waals surface area contributed by atoms with Crippen LogP contribution >= 0.6 is 15.9 Å². The number of aryl methyl sites for hydroxylation is 1. The Kier molecular flexibility index (Phi) is 3.90. The van der Waals surface area contributed by atoms with Crippen LogP contribution in [-0.4, -0.2) is 9.78 Å². The van der Waals surface area contributed by atoms with Gasteiger partial charge < -0.3 is 0 Å². The van der Waals surface area contributed by atoms with E-state index in [0.717, 1.165) is 16.6 Å². The Morgan fingerprint density at radius 3 is 2.65 bits per heavy atom. The van der Waals surface area contributed by atoms with Crippen LogP contribution in [0.2, 0.25) is 0 Å². The molecular weight excluding hydrogens is 280 g/mol. The summed E-state index contributed by atoms with van der Waals surface area (Å²) in [7, 11) is 1.97. The zero-order valence-electron chi connectivity index (χ0n) is 10.5. The van der Waals surface area contributed by atoms with Crippen molar-refractivity contribution in [2.24, 2.45) is 18.3 Å². The lowest BCUT2D eigenvalue weighted by molar-refractivity contribution is 0.180. The molecule has 3 N–H and O–H groups in total. The molecule has 17 heavy (non-hydrogen) atoms. The lowest BCUT2D eigenvalue weighted by Crippen LogP contribution is -2.41. The van der Waals surface area contributed by atoms with Gasteiger partial charge in [0.2, 0.25) is 0 Å². The summed E-state index contributed by atoms with van der Waals surface area (Å²) < 4.78 is 2.97. The van der Waals surface area contributed by atoms with Crippen LogP contribution in [0.15, 0.2) is 10.7 Å². The first-order valence-electron chi connectivity index (χ1n) is 6.28. The fourth-order valence-corrected chi connectivity index (χ4v) is 3.79. The number of halogens is 1. The molecule has 1 saturated carbocycles. The monoisotopic (exact) mass is 300 g/mol. The van der Waals surface area contributed by atoms with E-state index in [2.05, 4.69) is 33.4 Å². The molecule has 5 heteroatoms. The maximum atomic E-state index is 5.83. The van der Waals surface area contributed by atoms with Gasteiger partial charge in [-0.3, -0.25) is 16.0 Å². The van der Waals surface area contributed by atoms with Crippen molar-refractivity contribution in [1.82, 2.24) is 15.2 Å². The highest BCUT2D eigenvalue weighted by Crippen LogP contribution is 2.50. The third-order valence-electron chi connectivity index (χ3n) is 4.29. The van der Waals surface area contributed by atoms with E-state index >= 15 is 0 Å². The van der Waals surface area contributed by atoms with E-state index in [4.69, 9.17) is 5.84 Å². The van der Waals surface area contributed by atoms with Gasteiger partial charge in [-0.1, -0.05) is 19.8 Å². The minimum Gasteiger partial charge on any atom is -0.271 e. The molecule has 4 nitrogen and oxygen atoms in total. The van der Waals surface area contributed by atoms with Gasteiger partial charge in [0.15, 0.2) is 0 Å².